The molecule has 3 rings (SSSR count). The van der Waals surface area contributed by atoms with E-state index < -0.39 is 0 Å². The van der Waals surface area contributed by atoms with Gasteiger partial charge in [0.05, 0.1) is 18.8 Å². The Morgan fingerprint density at radius 1 is 1.13 bits per heavy atom. The molecule has 0 aromatic heterocycles. The van der Waals surface area contributed by atoms with Gasteiger partial charge in [0.25, 0.3) is 0 Å². The number of aliphatic hydroxyl groups is 1. The highest BCUT2D eigenvalue weighted by atomic mass is 16.5. The first-order valence-corrected chi connectivity index (χ1v) is 6.36. The third-order valence-corrected chi connectivity index (χ3v) is 3.90. The molecule has 2 unspecified atom stereocenters. The van der Waals surface area contributed by atoms with E-state index in [1.54, 1.807) is 0 Å². The summed E-state index contributed by atoms with van der Waals surface area (Å²) in [7, 11) is 0. The van der Waals surface area contributed by atoms with Gasteiger partial charge in [-0.1, -0.05) is 0 Å². The first-order chi connectivity index (χ1) is 7.34. The van der Waals surface area contributed by atoms with Crippen molar-refractivity contribution in [3.8, 4) is 0 Å². The van der Waals surface area contributed by atoms with E-state index in [4.69, 9.17) is 4.74 Å². The SMILES string of the molecule is OC1CCOCC1N(CC1CC1)C1CC1. The Kier molecular flexibility index (Phi) is 2.71. The van der Waals surface area contributed by atoms with E-state index in [1.165, 1.54) is 32.2 Å². The molecule has 3 nitrogen and oxygen atoms in total. The van der Waals surface area contributed by atoms with Gasteiger partial charge in [-0.3, -0.25) is 4.90 Å². The fourth-order valence-electron chi connectivity index (χ4n) is 2.59. The van der Waals surface area contributed by atoms with Gasteiger partial charge in [-0.05, 0) is 38.0 Å². The quantitative estimate of drug-likeness (QED) is 0.753. The van der Waals surface area contributed by atoms with Crippen LogP contribution in [0.1, 0.15) is 32.1 Å². The van der Waals surface area contributed by atoms with Crippen LogP contribution in [0.5, 0.6) is 0 Å². The minimum atomic E-state index is -0.155. The Balaban J connectivity index is 1.63. The lowest BCUT2D eigenvalue weighted by molar-refractivity contribution is -0.0651. The van der Waals surface area contributed by atoms with Gasteiger partial charge in [-0.25, -0.2) is 0 Å². The molecule has 0 amide bonds. The van der Waals surface area contributed by atoms with Crippen molar-refractivity contribution in [1.29, 1.82) is 0 Å². The minimum Gasteiger partial charge on any atom is -0.391 e. The second kappa shape index (κ2) is 4.04. The van der Waals surface area contributed by atoms with Crippen molar-refractivity contribution in [2.24, 2.45) is 5.92 Å². The molecule has 0 aromatic carbocycles. The van der Waals surface area contributed by atoms with Gasteiger partial charge in [-0.2, -0.15) is 0 Å². The van der Waals surface area contributed by atoms with Crippen molar-refractivity contribution in [1.82, 2.24) is 4.90 Å². The number of aliphatic hydroxyl groups excluding tert-OH is 1. The van der Waals surface area contributed by atoms with E-state index in [2.05, 4.69) is 4.90 Å². The molecule has 0 spiro atoms. The van der Waals surface area contributed by atoms with Crippen molar-refractivity contribution in [2.45, 2.75) is 50.3 Å². The average molecular weight is 211 g/mol. The highest BCUT2D eigenvalue weighted by molar-refractivity contribution is 4.95. The van der Waals surface area contributed by atoms with Crippen LogP contribution in [0.2, 0.25) is 0 Å². The summed E-state index contributed by atoms with van der Waals surface area (Å²) in [6, 6.07) is 1.04. The minimum absolute atomic E-state index is 0.155. The average Bonchev–Trinajstić information content (AvgIpc) is 3.10. The van der Waals surface area contributed by atoms with Gasteiger partial charge in [0, 0.05) is 19.2 Å². The molecule has 1 saturated heterocycles. The van der Waals surface area contributed by atoms with Crippen LogP contribution in [0.4, 0.5) is 0 Å². The van der Waals surface area contributed by atoms with Crippen molar-refractivity contribution in [3.63, 3.8) is 0 Å². The second-order valence-electron chi connectivity index (χ2n) is 5.37. The number of rotatable bonds is 4. The monoisotopic (exact) mass is 211 g/mol. The Labute approximate surface area is 91.4 Å². The third kappa shape index (κ3) is 2.35. The smallest absolute Gasteiger partial charge is 0.0739 e. The van der Waals surface area contributed by atoms with Crippen LogP contribution in [0, 0.1) is 5.92 Å². The van der Waals surface area contributed by atoms with E-state index in [9.17, 15) is 5.11 Å². The molecule has 0 bridgehead atoms. The van der Waals surface area contributed by atoms with Crippen LogP contribution in [0.25, 0.3) is 0 Å². The normalized spacial score (nSPS) is 37.2. The summed E-state index contributed by atoms with van der Waals surface area (Å²) in [5.74, 6) is 0.916. The maximum Gasteiger partial charge on any atom is 0.0739 e. The molecule has 15 heavy (non-hydrogen) atoms. The van der Waals surface area contributed by atoms with Crippen LogP contribution >= 0.6 is 0 Å². The molecule has 0 aromatic rings. The van der Waals surface area contributed by atoms with E-state index in [1.807, 2.05) is 0 Å². The van der Waals surface area contributed by atoms with Crippen LogP contribution in [0.3, 0.4) is 0 Å². The zero-order valence-corrected chi connectivity index (χ0v) is 9.27. The lowest BCUT2D eigenvalue weighted by Crippen LogP contribution is -2.51. The van der Waals surface area contributed by atoms with Gasteiger partial charge < -0.3 is 9.84 Å². The molecule has 2 aliphatic carbocycles. The molecule has 0 radical (unpaired) electrons. The maximum atomic E-state index is 10.0. The van der Waals surface area contributed by atoms with Crippen LogP contribution < -0.4 is 0 Å². The number of hydrogen-bond donors (Lipinski definition) is 1. The van der Waals surface area contributed by atoms with Gasteiger partial charge in [0.2, 0.25) is 0 Å². The predicted octanol–water partition coefficient (Wildman–Crippen LogP) is 1.01. The summed E-state index contributed by atoms with van der Waals surface area (Å²) in [5, 5.41) is 10.0. The molecule has 2 atom stereocenters. The summed E-state index contributed by atoms with van der Waals surface area (Å²) in [4.78, 5) is 2.54. The topological polar surface area (TPSA) is 32.7 Å². The predicted molar refractivity (Wildman–Crippen MR) is 57.7 cm³/mol. The van der Waals surface area contributed by atoms with Crippen molar-refractivity contribution >= 4 is 0 Å². The highest BCUT2D eigenvalue weighted by Gasteiger charge is 2.40. The molecule has 1 heterocycles. The molecular formula is C12H21NO2. The van der Waals surface area contributed by atoms with E-state index in [-0.39, 0.29) is 12.1 Å². The molecule has 3 fully saturated rings. The largest absolute Gasteiger partial charge is 0.391 e. The fraction of sp³-hybridized carbons (Fsp3) is 1.00. The number of ether oxygens (including phenoxy) is 1. The molecule has 3 heteroatoms. The van der Waals surface area contributed by atoms with E-state index in [0.717, 1.165) is 31.6 Å². The van der Waals surface area contributed by atoms with Crippen LogP contribution in [-0.4, -0.2) is 48.0 Å². The van der Waals surface area contributed by atoms with Crippen LogP contribution in [0.15, 0.2) is 0 Å². The van der Waals surface area contributed by atoms with Gasteiger partial charge in [0.1, 0.15) is 0 Å². The Hall–Kier alpha value is -0.120. The van der Waals surface area contributed by atoms with Gasteiger partial charge >= 0.3 is 0 Å². The highest BCUT2D eigenvalue weighted by Crippen LogP contribution is 2.37. The summed E-state index contributed by atoms with van der Waals surface area (Å²) in [6.45, 7) is 2.68. The third-order valence-electron chi connectivity index (χ3n) is 3.90. The summed E-state index contributed by atoms with van der Waals surface area (Å²) in [6.07, 6.45) is 6.11. The Morgan fingerprint density at radius 3 is 2.53 bits per heavy atom. The Morgan fingerprint density at radius 2 is 1.93 bits per heavy atom. The maximum absolute atomic E-state index is 10.0. The molecule has 1 aliphatic heterocycles. The second-order valence-corrected chi connectivity index (χ2v) is 5.37. The zero-order valence-electron chi connectivity index (χ0n) is 9.27. The molecular weight excluding hydrogens is 190 g/mol. The molecule has 1 N–H and O–H groups in total. The number of hydrogen-bond acceptors (Lipinski definition) is 3. The number of nitrogens with zero attached hydrogens (tertiary/aromatic N) is 1. The Bertz CT molecular complexity index is 226. The van der Waals surface area contributed by atoms with E-state index >= 15 is 0 Å². The van der Waals surface area contributed by atoms with Crippen molar-refractivity contribution in [3.05, 3.63) is 0 Å². The van der Waals surface area contributed by atoms with E-state index in [0.29, 0.717) is 0 Å². The molecule has 2 saturated carbocycles. The van der Waals surface area contributed by atoms with Crippen molar-refractivity contribution < 1.29 is 9.84 Å². The first-order valence-electron chi connectivity index (χ1n) is 6.36. The molecule has 3 aliphatic rings. The summed E-state index contributed by atoms with van der Waals surface area (Å²) in [5.41, 5.74) is 0. The zero-order chi connectivity index (χ0) is 10.3. The summed E-state index contributed by atoms with van der Waals surface area (Å²) >= 11 is 0. The fourth-order valence-corrected chi connectivity index (χ4v) is 2.59. The standard InChI is InChI=1S/C12H21NO2/c14-12-5-6-15-8-11(12)13(10-3-4-10)7-9-1-2-9/h9-12,14H,1-8H2. The van der Waals surface area contributed by atoms with Gasteiger partial charge in [-0.15, -0.1) is 0 Å². The van der Waals surface area contributed by atoms with Crippen molar-refractivity contribution in [2.75, 3.05) is 19.8 Å². The lowest BCUT2D eigenvalue weighted by atomic mass is 10.0. The molecule has 86 valence electrons. The lowest BCUT2D eigenvalue weighted by Gasteiger charge is -2.37. The van der Waals surface area contributed by atoms with Crippen LogP contribution in [-0.2, 0) is 4.74 Å². The first kappa shape index (κ1) is 10.1. The van der Waals surface area contributed by atoms with Gasteiger partial charge in [0.15, 0.2) is 0 Å². The summed E-state index contributed by atoms with van der Waals surface area (Å²) < 4.78 is 5.51.